The van der Waals surface area contributed by atoms with Crippen LogP contribution in [0, 0.1) is 0 Å². The van der Waals surface area contributed by atoms with Gasteiger partial charge in [-0.15, -0.1) is 0 Å². The Morgan fingerprint density at radius 1 is 1.21 bits per heavy atom. The molecule has 0 aliphatic carbocycles. The van der Waals surface area contributed by atoms with Crippen LogP contribution in [0.25, 0.3) is 21.8 Å². The molecule has 0 fully saturated rings. The third kappa shape index (κ3) is 1.78. The van der Waals surface area contributed by atoms with E-state index in [4.69, 9.17) is 4.74 Å². The van der Waals surface area contributed by atoms with Crippen LogP contribution in [-0.2, 0) is 0 Å². The maximum Gasteiger partial charge on any atom is 0.337 e. The van der Waals surface area contributed by atoms with Gasteiger partial charge in [0.25, 0.3) is 0 Å². The van der Waals surface area contributed by atoms with Gasteiger partial charge < -0.3 is 9.84 Å². The lowest BCUT2D eigenvalue weighted by Gasteiger charge is -2.08. The normalized spacial score (nSPS) is 10.8. The van der Waals surface area contributed by atoms with Gasteiger partial charge >= 0.3 is 5.97 Å². The van der Waals surface area contributed by atoms with E-state index in [9.17, 15) is 9.90 Å². The molecule has 0 radical (unpaired) electrons. The standard InChI is InChI=1S/C15H11NO3/c1-19-13-7-6-10(15(17)18)14-11(13)8-9-4-2-3-5-12(9)16-14/h2-8H,1H3,(H,17,18). The molecule has 94 valence electrons. The second-order valence-corrected chi connectivity index (χ2v) is 4.20. The molecular weight excluding hydrogens is 242 g/mol. The zero-order valence-electron chi connectivity index (χ0n) is 10.3. The smallest absolute Gasteiger partial charge is 0.337 e. The molecule has 0 bridgehead atoms. The van der Waals surface area contributed by atoms with E-state index >= 15 is 0 Å². The molecule has 0 saturated heterocycles. The molecule has 19 heavy (non-hydrogen) atoms. The molecule has 3 rings (SSSR count). The topological polar surface area (TPSA) is 59.4 Å². The van der Waals surface area contributed by atoms with Crippen molar-refractivity contribution < 1.29 is 14.6 Å². The van der Waals surface area contributed by atoms with Crippen LogP contribution in [0.4, 0.5) is 0 Å². The number of hydrogen-bond donors (Lipinski definition) is 1. The molecule has 0 spiro atoms. The number of aromatic carboxylic acids is 1. The van der Waals surface area contributed by atoms with Gasteiger partial charge in [0, 0.05) is 10.8 Å². The molecule has 0 amide bonds. The SMILES string of the molecule is COc1ccc(C(=O)O)c2nc3ccccc3cc12. The van der Waals surface area contributed by atoms with Crippen molar-refractivity contribution in [2.45, 2.75) is 0 Å². The van der Waals surface area contributed by atoms with Gasteiger partial charge in [0.15, 0.2) is 0 Å². The van der Waals surface area contributed by atoms with Crippen LogP contribution in [0.15, 0.2) is 42.5 Å². The molecule has 0 unspecified atom stereocenters. The van der Waals surface area contributed by atoms with Crippen molar-refractivity contribution in [1.82, 2.24) is 4.98 Å². The Bertz CT molecular complexity index is 796. The number of benzene rings is 2. The molecule has 0 aliphatic rings. The first-order valence-electron chi connectivity index (χ1n) is 5.80. The molecule has 0 aliphatic heterocycles. The average Bonchev–Trinajstić information content (AvgIpc) is 2.43. The monoisotopic (exact) mass is 253 g/mol. The molecule has 4 heteroatoms. The summed E-state index contributed by atoms with van der Waals surface area (Å²) in [4.78, 5) is 15.7. The third-order valence-corrected chi connectivity index (χ3v) is 3.10. The highest BCUT2D eigenvalue weighted by atomic mass is 16.5. The van der Waals surface area contributed by atoms with Gasteiger partial charge in [0.2, 0.25) is 0 Å². The highest BCUT2D eigenvalue weighted by molar-refractivity contribution is 6.06. The van der Waals surface area contributed by atoms with Gasteiger partial charge in [-0.2, -0.15) is 0 Å². The number of carboxylic acid groups (broad SMARTS) is 1. The lowest BCUT2D eigenvalue weighted by Crippen LogP contribution is -2.00. The van der Waals surface area contributed by atoms with E-state index in [1.807, 2.05) is 30.3 Å². The zero-order valence-corrected chi connectivity index (χ0v) is 10.3. The molecule has 1 heterocycles. The van der Waals surface area contributed by atoms with Crippen LogP contribution in [-0.4, -0.2) is 23.2 Å². The van der Waals surface area contributed by atoms with E-state index < -0.39 is 5.97 Å². The van der Waals surface area contributed by atoms with E-state index in [0.29, 0.717) is 16.7 Å². The Labute approximate surface area is 109 Å². The van der Waals surface area contributed by atoms with Crippen molar-refractivity contribution in [3.05, 3.63) is 48.0 Å². The summed E-state index contributed by atoms with van der Waals surface area (Å²) in [6.45, 7) is 0. The minimum absolute atomic E-state index is 0.182. The van der Waals surface area contributed by atoms with Crippen molar-refractivity contribution >= 4 is 27.8 Å². The quantitative estimate of drug-likeness (QED) is 0.713. The summed E-state index contributed by atoms with van der Waals surface area (Å²) in [5.41, 5.74) is 1.40. The summed E-state index contributed by atoms with van der Waals surface area (Å²) in [6.07, 6.45) is 0. The Balaban J connectivity index is 2.49. The van der Waals surface area contributed by atoms with Crippen LogP contribution in [0.3, 0.4) is 0 Å². The highest BCUT2D eigenvalue weighted by Crippen LogP contribution is 2.30. The number of rotatable bonds is 2. The molecule has 0 atom stereocenters. The van der Waals surface area contributed by atoms with Gasteiger partial charge in [-0.25, -0.2) is 9.78 Å². The number of fused-ring (bicyclic) bond motifs is 2. The van der Waals surface area contributed by atoms with E-state index in [-0.39, 0.29) is 5.56 Å². The van der Waals surface area contributed by atoms with Crippen molar-refractivity contribution in [2.24, 2.45) is 0 Å². The first-order valence-corrected chi connectivity index (χ1v) is 5.80. The van der Waals surface area contributed by atoms with Crippen molar-refractivity contribution in [3.8, 4) is 5.75 Å². The van der Waals surface area contributed by atoms with Gasteiger partial charge in [0.1, 0.15) is 5.75 Å². The van der Waals surface area contributed by atoms with Crippen molar-refractivity contribution in [2.75, 3.05) is 7.11 Å². The maximum atomic E-state index is 11.3. The number of pyridine rings is 1. The summed E-state index contributed by atoms with van der Waals surface area (Å²) in [5, 5.41) is 10.9. The van der Waals surface area contributed by atoms with Gasteiger partial charge in [-0.1, -0.05) is 18.2 Å². The van der Waals surface area contributed by atoms with Crippen LogP contribution in [0.2, 0.25) is 0 Å². The average molecular weight is 253 g/mol. The maximum absolute atomic E-state index is 11.3. The van der Waals surface area contributed by atoms with Crippen molar-refractivity contribution in [1.29, 1.82) is 0 Å². The number of aromatic nitrogens is 1. The van der Waals surface area contributed by atoms with E-state index in [1.165, 1.54) is 6.07 Å². The van der Waals surface area contributed by atoms with Gasteiger partial charge in [-0.05, 0) is 24.3 Å². The Hall–Kier alpha value is -2.62. The molecule has 0 saturated carbocycles. The minimum atomic E-state index is -0.990. The van der Waals surface area contributed by atoms with E-state index in [0.717, 1.165) is 10.9 Å². The fraction of sp³-hybridized carbons (Fsp3) is 0.0667. The molecule has 1 N–H and O–H groups in total. The summed E-state index contributed by atoms with van der Waals surface area (Å²) in [6, 6.07) is 12.7. The highest BCUT2D eigenvalue weighted by Gasteiger charge is 2.14. The van der Waals surface area contributed by atoms with Crippen LogP contribution < -0.4 is 4.74 Å². The van der Waals surface area contributed by atoms with Crippen LogP contribution >= 0.6 is 0 Å². The van der Waals surface area contributed by atoms with Gasteiger partial charge in [0.05, 0.1) is 23.7 Å². The Morgan fingerprint density at radius 2 is 2.00 bits per heavy atom. The molecule has 2 aromatic carbocycles. The number of hydrogen-bond acceptors (Lipinski definition) is 3. The summed E-state index contributed by atoms with van der Waals surface area (Å²) >= 11 is 0. The number of para-hydroxylation sites is 1. The first-order chi connectivity index (χ1) is 9.20. The zero-order chi connectivity index (χ0) is 13.4. The van der Waals surface area contributed by atoms with Gasteiger partial charge in [-0.3, -0.25) is 0 Å². The predicted octanol–water partition coefficient (Wildman–Crippen LogP) is 3.09. The predicted molar refractivity (Wildman–Crippen MR) is 72.8 cm³/mol. The van der Waals surface area contributed by atoms with E-state index in [1.54, 1.807) is 13.2 Å². The number of carboxylic acids is 1. The third-order valence-electron chi connectivity index (χ3n) is 3.10. The Morgan fingerprint density at radius 3 is 2.74 bits per heavy atom. The first kappa shape index (κ1) is 11.5. The number of ether oxygens (including phenoxy) is 1. The number of nitrogens with zero attached hydrogens (tertiary/aromatic N) is 1. The molecule has 3 aromatic rings. The molecular formula is C15H11NO3. The fourth-order valence-corrected chi connectivity index (χ4v) is 2.19. The number of methoxy groups -OCH3 is 1. The van der Waals surface area contributed by atoms with Crippen LogP contribution in [0.5, 0.6) is 5.75 Å². The fourth-order valence-electron chi connectivity index (χ4n) is 2.19. The van der Waals surface area contributed by atoms with Crippen LogP contribution in [0.1, 0.15) is 10.4 Å². The summed E-state index contributed by atoms with van der Waals surface area (Å²) in [7, 11) is 1.56. The summed E-state index contributed by atoms with van der Waals surface area (Å²) in [5.74, 6) is -0.367. The second-order valence-electron chi connectivity index (χ2n) is 4.20. The number of carbonyl (C=O) groups is 1. The largest absolute Gasteiger partial charge is 0.496 e. The summed E-state index contributed by atoms with van der Waals surface area (Å²) < 4.78 is 5.28. The second kappa shape index (κ2) is 4.24. The lowest BCUT2D eigenvalue weighted by molar-refractivity contribution is 0.0699. The molecule has 1 aromatic heterocycles. The minimum Gasteiger partial charge on any atom is -0.496 e. The van der Waals surface area contributed by atoms with Crippen molar-refractivity contribution in [3.63, 3.8) is 0 Å². The van der Waals surface area contributed by atoms with E-state index in [2.05, 4.69) is 4.98 Å². The molecule has 4 nitrogen and oxygen atoms in total. The lowest BCUT2D eigenvalue weighted by atomic mass is 10.1. The Kier molecular flexibility index (Phi) is 2.56.